The van der Waals surface area contributed by atoms with Gasteiger partial charge in [0.15, 0.2) is 0 Å². The SMILES string of the molecule is CC1CC(C(=O)O)(c2ccc(Cl)cc2)C1. The lowest BCUT2D eigenvalue weighted by molar-refractivity contribution is -0.149. The summed E-state index contributed by atoms with van der Waals surface area (Å²) in [6, 6.07) is 7.15. The molecule has 3 heteroatoms. The second-order valence-electron chi connectivity index (χ2n) is 4.41. The predicted molar refractivity (Wildman–Crippen MR) is 59.2 cm³/mol. The van der Waals surface area contributed by atoms with Crippen LogP contribution in [0.25, 0.3) is 0 Å². The summed E-state index contributed by atoms with van der Waals surface area (Å²) in [7, 11) is 0. The number of halogens is 1. The third kappa shape index (κ3) is 1.63. The summed E-state index contributed by atoms with van der Waals surface area (Å²) >= 11 is 5.78. The van der Waals surface area contributed by atoms with Crippen LogP contribution in [-0.4, -0.2) is 11.1 Å². The molecule has 2 nitrogen and oxygen atoms in total. The second kappa shape index (κ2) is 3.53. The molecule has 0 atom stereocenters. The average molecular weight is 225 g/mol. The van der Waals surface area contributed by atoms with E-state index in [1.165, 1.54) is 0 Å². The van der Waals surface area contributed by atoms with E-state index in [0.29, 0.717) is 10.9 Å². The van der Waals surface area contributed by atoms with Crippen molar-refractivity contribution in [1.82, 2.24) is 0 Å². The number of hydrogen-bond acceptors (Lipinski definition) is 1. The molecule has 0 unspecified atom stereocenters. The van der Waals surface area contributed by atoms with Gasteiger partial charge in [0.2, 0.25) is 0 Å². The molecule has 15 heavy (non-hydrogen) atoms. The Hall–Kier alpha value is -1.02. The summed E-state index contributed by atoms with van der Waals surface area (Å²) in [4.78, 5) is 11.3. The van der Waals surface area contributed by atoms with Gasteiger partial charge in [-0.15, -0.1) is 0 Å². The van der Waals surface area contributed by atoms with Crippen LogP contribution in [0.4, 0.5) is 0 Å². The van der Waals surface area contributed by atoms with Crippen molar-refractivity contribution in [2.75, 3.05) is 0 Å². The van der Waals surface area contributed by atoms with Crippen molar-refractivity contribution in [2.24, 2.45) is 5.92 Å². The molecule has 0 saturated heterocycles. The molecule has 0 spiro atoms. The van der Waals surface area contributed by atoms with Crippen LogP contribution in [-0.2, 0) is 10.2 Å². The van der Waals surface area contributed by atoms with Crippen molar-refractivity contribution in [3.8, 4) is 0 Å². The third-order valence-corrected chi connectivity index (χ3v) is 3.45. The molecule has 0 aromatic heterocycles. The number of aliphatic carboxylic acids is 1. The van der Waals surface area contributed by atoms with Gasteiger partial charge in [-0.1, -0.05) is 30.7 Å². The number of hydrogen-bond donors (Lipinski definition) is 1. The van der Waals surface area contributed by atoms with Gasteiger partial charge in [0, 0.05) is 5.02 Å². The van der Waals surface area contributed by atoms with Crippen molar-refractivity contribution in [2.45, 2.75) is 25.2 Å². The van der Waals surface area contributed by atoms with E-state index in [2.05, 4.69) is 6.92 Å². The van der Waals surface area contributed by atoms with Crippen LogP contribution >= 0.6 is 11.6 Å². The van der Waals surface area contributed by atoms with Crippen LogP contribution in [0.1, 0.15) is 25.3 Å². The zero-order chi connectivity index (χ0) is 11.1. The number of carboxylic acids is 1. The Bertz CT molecular complexity index is 377. The van der Waals surface area contributed by atoms with Gasteiger partial charge >= 0.3 is 5.97 Å². The first kappa shape index (κ1) is 10.5. The minimum atomic E-state index is -0.720. The van der Waals surface area contributed by atoms with E-state index in [0.717, 1.165) is 18.4 Å². The maximum Gasteiger partial charge on any atom is 0.314 e. The molecule has 2 rings (SSSR count). The monoisotopic (exact) mass is 224 g/mol. The number of carbonyl (C=O) groups is 1. The molecule has 1 saturated carbocycles. The highest BCUT2D eigenvalue weighted by Crippen LogP contribution is 2.47. The summed E-state index contributed by atoms with van der Waals surface area (Å²) in [6.07, 6.45) is 1.45. The summed E-state index contributed by atoms with van der Waals surface area (Å²) in [5, 5.41) is 9.94. The van der Waals surface area contributed by atoms with Gasteiger partial charge in [-0.3, -0.25) is 4.79 Å². The molecule has 1 N–H and O–H groups in total. The average Bonchev–Trinajstić information content (AvgIpc) is 2.13. The quantitative estimate of drug-likeness (QED) is 0.838. The van der Waals surface area contributed by atoms with E-state index in [-0.39, 0.29) is 0 Å². The Morgan fingerprint density at radius 2 is 1.93 bits per heavy atom. The molecule has 0 heterocycles. The molecule has 80 valence electrons. The van der Waals surface area contributed by atoms with E-state index < -0.39 is 11.4 Å². The zero-order valence-electron chi connectivity index (χ0n) is 8.53. The number of benzene rings is 1. The van der Waals surface area contributed by atoms with Crippen molar-refractivity contribution in [3.63, 3.8) is 0 Å². The van der Waals surface area contributed by atoms with E-state index >= 15 is 0 Å². The van der Waals surface area contributed by atoms with Gasteiger partial charge in [-0.05, 0) is 36.5 Å². The van der Waals surface area contributed by atoms with E-state index in [1.807, 2.05) is 12.1 Å². The van der Waals surface area contributed by atoms with Crippen LogP contribution in [0.15, 0.2) is 24.3 Å². The molecule has 1 aliphatic rings. The van der Waals surface area contributed by atoms with Crippen molar-refractivity contribution in [1.29, 1.82) is 0 Å². The minimum Gasteiger partial charge on any atom is -0.481 e. The fraction of sp³-hybridized carbons (Fsp3) is 0.417. The molecular formula is C12H13ClO2. The molecule has 0 aliphatic heterocycles. The smallest absolute Gasteiger partial charge is 0.314 e. The van der Waals surface area contributed by atoms with E-state index in [1.54, 1.807) is 12.1 Å². The van der Waals surface area contributed by atoms with Crippen LogP contribution in [0, 0.1) is 5.92 Å². The highest BCUT2D eigenvalue weighted by Gasteiger charge is 2.49. The molecule has 1 aromatic rings. The lowest BCUT2D eigenvalue weighted by Gasteiger charge is -2.43. The van der Waals surface area contributed by atoms with Crippen molar-refractivity contribution in [3.05, 3.63) is 34.9 Å². The van der Waals surface area contributed by atoms with Gasteiger partial charge in [-0.25, -0.2) is 0 Å². The van der Waals surface area contributed by atoms with Crippen LogP contribution < -0.4 is 0 Å². The Balaban J connectivity index is 2.34. The topological polar surface area (TPSA) is 37.3 Å². The molecule has 0 radical (unpaired) electrons. The second-order valence-corrected chi connectivity index (χ2v) is 4.84. The highest BCUT2D eigenvalue weighted by atomic mass is 35.5. The zero-order valence-corrected chi connectivity index (χ0v) is 9.29. The maximum absolute atomic E-state index is 11.3. The van der Waals surface area contributed by atoms with Crippen LogP contribution in [0.2, 0.25) is 5.02 Å². The maximum atomic E-state index is 11.3. The molecule has 0 bridgehead atoms. The van der Waals surface area contributed by atoms with Gasteiger partial charge in [0.25, 0.3) is 0 Å². The Labute approximate surface area is 93.9 Å². The number of carboxylic acid groups (broad SMARTS) is 1. The molecular weight excluding hydrogens is 212 g/mol. The normalized spacial score (nSPS) is 29.6. The first-order valence-corrected chi connectivity index (χ1v) is 5.42. The first-order chi connectivity index (χ1) is 7.04. The van der Waals surface area contributed by atoms with Gasteiger partial charge in [0.1, 0.15) is 0 Å². The van der Waals surface area contributed by atoms with Crippen LogP contribution in [0.3, 0.4) is 0 Å². The van der Waals surface area contributed by atoms with Crippen LogP contribution in [0.5, 0.6) is 0 Å². The Morgan fingerprint density at radius 3 is 2.33 bits per heavy atom. The summed E-state index contributed by atoms with van der Waals surface area (Å²) in [5.74, 6) is -0.222. The third-order valence-electron chi connectivity index (χ3n) is 3.20. The van der Waals surface area contributed by atoms with Crippen molar-refractivity contribution >= 4 is 17.6 Å². The lowest BCUT2D eigenvalue weighted by atomic mass is 9.59. The lowest BCUT2D eigenvalue weighted by Crippen LogP contribution is -2.46. The van der Waals surface area contributed by atoms with Gasteiger partial charge in [0.05, 0.1) is 5.41 Å². The van der Waals surface area contributed by atoms with Crippen molar-refractivity contribution < 1.29 is 9.90 Å². The largest absolute Gasteiger partial charge is 0.481 e. The Morgan fingerprint density at radius 1 is 1.40 bits per heavy atom. The molecule has 1 fully saturated rings. The summed E-state index contributed by atoms with van der Waals surface area (Å²) < 4.78 is 0. The minimum absolute atomic E-state index is 0.497. The standard InChI is InChI=1S/C12H13ClO2/c1-8-6-12(7-8,11(14)15)9-2-4-10(13)5-3-9/h2-5,8H,6-7H2,1H3,(H,14,15). The molecule has 0 amide bonds. The summed E-state index contributed by atoms with van der Waals surface area (Å²) in [5.41, 5.74) is 0.210. The van der Waals surface area contributed by atoms with Gasteiger partial charge < -0.3 is 5.11 Å². The predicted octanol–water partition coefficient (Wildman–Crippen LogP) is 3.09. The fourth-order valence-electron chi connectivity index (χ4n) is 2.43. The van der Waals surface area contributed by atoms with E-state index in [4.69, 9.17) is 11.6 Å². The first-order valence-electron chi connectivity index (χ1n) is 5.04. The fourth-order valence-corrected chi connectivity index (χ4v) is 2.56. The van der Waals surface area contributed by atoms with E-state index in [9.17, 15) is 9.90 Å². The molecule has 1 aromatic carbocycles. The summed E-state index contributed by atoms with van der Waals surface area (Å²) in [6.45, 7) is 2.08. The Kier molecular flexibility index (Phi) is 2.47. The molecule has 1 aliphatic carbocycles. The van der Waals surface area contributed by atoms with Gasteiger partial charge in [-0.2, -0.15) is 0 Å². The highest BCUT2D eigenvalue weighted by molar-refractivity contribution is 6.30. The number of rotatable bonds is 2.